The van der Waals surface area contributed by atoms with Crippen LogP contribution in [0.25, 0.3) is 0 Å². The number of anilines is 1. The molecule has 178 valence electrons. The van der Waals surface area contributed by atoms with Crippen molar-refractivity contribution in [3.05, 3.63) is 71.5 Å². The molecule has 0 aromatic heterocycles. The number of ether oxygens (including phenoxy) is 4. The van der Waals surface area contributed by atoms with Crippen molar-refractivity contribution >= 4 is 21.6 Å². The third-order valence-electron chi connectivity index (χ3n) is 5.02. The summed E-state index contributed by atoms with van der Waals surface area (Å²) in [5.74, 6) is -0.0910. The molecule has 0 unspecified atom stereocenters. The Balaban J connectivity index is 1.62. The molecule has 1 aliphatic heterocycles. The standard InChI is InChI=1S/C23H21FN2O7S/c1-30-21-11-15(34(28,29)26-18-6-4-3-5-17(18)24)10-16(22(21)31-2)23(27)25-12-14-7-8-19-20(9-14)33-13-32-19/h3-11,26H,12-13H2,1-2H3,(H,25,27). The highest BCUT2D eigenvalue weighted by molar-refractivity contribution is 7.92. The normalized spacial score (nSPS) is 12.2. The van der Waals surface area contributed by atoms with Crippen LogP contribution < -0.4 is 29.0 Å². The SMILES string of the molecule is COc1cc(S(=O)(=O)Nc2ccccc2F)cc(C(=O)NCc2ccc3c(c2)OCO3)c1OC. The molecule has 0 spiro atoms. The molecule has 0 saturated carbocycles. The molecule has 9 nitrogen and oxygen atoms in total. The van der Waals surface area contributed by atoms with Crippen molar-refractivity contribution in [2.24, 2.45) is 0 Å². The number of amides is 1. The molecular formula is C23H21FN2O7S. The minimum Gasteiger partial charge on any atom is -0.493 e. The molecule has 2 N–H and O–H groups in total. The van der Waals surface area contributed by atoms with Gasteiger partial charge >= 0.3 is 0 Å². The minimum atomic E-state index is -4.26. The van der Waals surface area contributed by atoms with Crippen molar-refractivity contribution in [2.45, 2.75) is 11.4 Å². The molecular weight excluding hydrogens is 467 g/mol. The van der Waals surface area contributed by atoms with E-state index in [1.54, 1.807) is 18.2 Å². The number of hydrogen-bond acceptors (Lipinski definition) is 7. The summed E-state index contributed by atoms with van der Waals surface area (Å²) in [4.78, 5) is 12.7. The first-order chi connectivity index (χ1) is 16.3. The van der Waals surface area contributed by atoms with Crippen molar-refractivity contribution in [2.75, 3.05) is 25.7 Å². The van der Waals surface area contributed by atoms with E-state index in [4.69, 9.17) is 18.9 Å². The molecule has 11 heteroatoms. The van der Waals surface area contributed by atoms with Gasteiger partial charge in [-0.05, 0) is 35.9 Å². The van der Waals surface area contributed by atoms with Gasteiger partial charge in [-0.15, -0.1) is 0 Å². The number of carbonyl (C=O) groups excluding carboxylic acids is 1. The first kappa shape index (κ1) is 23.2. The quantitative estimate of drug-likeness (QED) is 0.500. The van der Waals surface area contributed by atoms with Gasteiger partial charge in [-0.25, -0.2) is 12.8 Å². The summed E-state index contributed by atoms with van der Waals surface area (Å²) in [7, 11) is -1.62. The Bertz CT molecular complexity index is 1350. The second-order valence-corrected chi connectivity index (χ2v) is 8.84. The van der Waals surface area contributed by atoms with Gasteiger partial charge in [0.1, 0.15) is 5.82 Å². The van der Waals surface area contributed by atoms with Crippen molar-refractivity contribution in [3.63, 3.8) is 0 Å². The zero-order valence-corrected chi connectivity index (χ0v) is 19.1. The van der Waals surface area contributed by atoms with E-state index in [0.717, 1.165) is 17.7 Å². The number of para-hydroxylation sites is 1. The van der Waals surface area contributed by atoms with E-state index >= 15 is 0 Å². The Morgan fingerprint density at radius 3 is 2.53 bits per heavy atom. The summed E-state index contributed by atoms with van der Waals surface area (Å²) in [6.07, 6.45) is 0. The molecule has 0 aliphatic carbocycles. The number of nitrogens with one attached hydrogen (secondary N) is 2. The fraction of sp³-hybridized carbons (Fsp3) is 0.174. The van der Waals surface area contributed by atoms with Crippen LogP contribution in [0.5, 0.6) is 23.0 Å². The number of methoxy groups -OCH3 is 2. The number of sulfonamides is 1. The Labute approximate surface area is 195 Å². The molecule has 0 bridgehead atoms. The van der Waals surface area contributed by atoms with Gasteiger partial charge in [0.05, 0.1) is 30.4 Å². The topological polar surface area (TPSA) is 112 Å². The smallest absolute Gasteiger partial charge is 0.262 e. The summed E-state index contributed by atoms with van der Waals surface area (Å²) in [6.45, 7) is 0.260. The minimum absolute atomic E-state index is 0.0205. The summed E-state index contributed by atoms with van der Waals surface area (Å²) in [5, 5.41) is 2.72. The van der Waals surface area contributed by atoms with Gasteiger partial charge in [-0.3, -0.25) is 9.52 Å². The van der Waals surface area contributed by atoms with Gasteiger partial charge in [0.2, 0.25) is 6.79 Å². The van der Waals surface area contributed by atoms with E-state index in [2.05, 4.69) is 10.0 Å². The fourth-order valence-corrected chi connectivity index (χ4v) is 4.45. The van der Waals surface area contributed by atoms with Crippen molar-refractivity contribution < 1.29 is 36.6 Å². The zero-order valence-electron chi connectivity index (χ0n) is 18.3. The Morgan fingerprint density at radius 2 is 1.79 bits per heavy atom. The lowest BCUT2D eigenvalue weighted by atomic mass is 10.1. The van der Waals surface area contributed by atoms with Crippen molar-refractivity contribution in [1.82, 2.24) is 5.32 Å². The lowest BCUT2D eigenvalue weighted by Gasteiger charge is -2.16. The monoisotopic (exact) mass is 488 g/mol. The molecule has 1 amide bonds. The van der Waals surface area contributed by atoms with Gasteiger partial charge in [-0.2, -0.15) is 0 Å². The molecule has 1 heterocycles. The van der Waals surface area contributed by atoms with E-state index in [1.165, 1.54) is 38.5 Å². The highest BCUT2D eigenvalue weighted by Gasteiger charge is 2.25. The number of benzene rings is 3. The number of hydrogen-bond donors (Lipinski definition) is 2. The predicted molar refractivity (Wildman–Crippen MR) is 120 cm³/mol. The highest BCUT2D eigenvalue weighted by Crippen LogP contribution is 2.35. The van der Waals surface area contributed by atoms with Gasteiger partial charge in [0.25, 0.3) is 15.9 Å². The number of fused-ring (bicyclic) bond motifs is 1. The number of halogens is 1. The number of rotatable bonds is 8. The maximum Gasteiger partial charge on any atom is 0.262 e. The first-order valence-corrected chi connectivity index (χ1v) is 11.5. The molecule has 4 rings (SSSR count). The Hall–Kier alpha value is -3.99. The second-order valence-electron chi connectivity index (χ2n) is 7.16. The number of carbonyl (C=O) groups is 1. The van der Waals surface area contributed by atoms with Crippen LogP contribution in [0.1, 0.15) is 15.9 Å². The van der Waals surface area contributed by atoms with E-state index in [1.807, 2.05) is 0 Å². The lowest BCUT2D eigenvalue weighted by Crippen LogP contribution is -2.24. The molecule has 34 heavy (non-hydrogen) atoms. The summed E-state index contributed by atoms with van der Waals surface area (Å²) in [5.41, 5.74) is 0.441. The predicted octanol–water partition coefficient (Wildman–Crippen LogP) is 3.30. The van der Waals surface area contributed by atoms with E-state index in [0.29, 0.717) is 11.5 Å². The molecule has 0 fully saturated rings. The van der Waals surface area contributed by atoms with Gasteiger partial charge < -0.3 is 24.3 Å². The zero-order chi connectivity index (χ0) is 24.3. The molecule has 0 atom stereocenters. The van der Waals surface area contributed by atoms with Crippen molar-refractivity contribution in [3.8, 4) is 23.0 Å². The van der Waals surface area contributed by atoms with E-state index in [9.17, 15) is 17.6 Å². The molecule has 1 aliphatic rings. The summed E-state index contributed by atoms with van der Waals surface area (Å²) < 4.78 is 63.3. The van der Waals surface area contributed by atoms with Gasteiger partial charge in [0, 0.05) is 12.6 Å². The average Bonchev–Trinajstić information content (AvgIpc) is 3.31. The van der Waals surface area contributed by atoms with Crippen LogP contribution in [0.15, 0.2) is 59.5 Å². The van der Waals surface area contributed by atoms with Crippen LogP contribution in [0.4, 0.5) is 10.1 Å². The fourth-order valence-electron chi connectivity index (χ4n) is 3.34. The van der Waals surface area contributed by atoms with E-state index in [-0.39, 0.29) is 41.0 Å². The summed E-state index contributed by atoms with van der Waals surface area (Å²) >= 11 is 0. The molecule has 3 aromatic rings. The molecule has 3 aromatic carbocycles. The molecule has 0 radical (unpaired) electrons. The first-order valence-electron chi connectivity index (χ1n) is 10.0. The Morgan fingerprint density at radius 1 is 1.03 bits per heavy atom. The van der Waals surface area contributed by atoms with Crippen molar-refractivity contribution in [1.29, 1.82) is 0 Å². The third-order valence-corrected chi connectivity index (χ3v) is 6.36. The van der Waals surface area contributed by atoms with Crippen LogP contribution >= 0.6 is 0 Å². The van der Waals surface area contributed by atoms with Gasteiger partial charge in [-0.1, -0.05) is 18.2 Å². The van der Waals surface area contributed by atoms with Crippen LogP contribution in [0.3, 0.4) is 0 Å². The lowest BCUT2D eigenvalue weighted by molar-refractivity contribution is 0.0947. The third kappa shape index (κ3) is 4.69. The van der Waals surface area contributed by atoms with Crippen LogP contribution in [0, 0.1) is 5.82 Å². The average molecular weight is 488 g/mol. The highest BCUT2D eigenvalue weighted by atomic mass is 32.2. The summed E-state index contributed by atoms with van der Waals surface area (Å²) in [6, 6.07) is 12.9. The van der Waals surface area contributed by atoms with Crippen LogP contribution in [-0.4, -0.2) is 35.3 Å². The largest absolute Gasteiger partial charge is 0.493 e. The van der Waals surface area contributed by atoms with Crippen LogP contribution in [-0.2, 0) is 16.6 Å². The van der Waals surface area contributed by atoms with Crippen LogP contribution in [0.2, 0.25) is 0 Å². The van der Waals surface area contributed by atoms with E-state index < -0.39 is 21.7 Å². The second kappa shape index (κ2) is 9.48. The van der Waals surface area contributed by atoms with Gasteiger partial charge in [0.15, 0.2) is 23.0 Å². The maximum atomic E-state index is 14.0. The maximum absolute atomic E-state index is 14.0. The Kier molecular flexibility index (Phi) is 6.46. The molecule has 0 saturated heterocycles.